The van der Waals surface area contributed by atoms with Gasteiger partial charge >= 0.3 is 0 Å². The summed E-state index contributed by atoms with van der Waals surface area (Å²) in [5.74, 6) is 1.22. The Morgan fingerprint density at radius 3 is 2.67 bits per heavy atom. The maximum absolute atomic E-state index is 13.4. The van der Waals surface area contributed by atoms with E-state index in [4.69, 9.17) is 5.73 Å². The summed E-state index contributed by atoms with van der Waals surface area (Å²) in [6.07, 6.45) is 3.66. The number of rotatable bonds is 2. The molecule has 0 saturated heterocycles. The summed E-state index contributed by atoms with van der Waals surface area (Å²) in [7, 11) is 0. The predicted molar refractivity (Wildman–Crippen MR) is 75.1 cm³/mol. The summed E-state index contributed by atoms with van der Waals surface area (Å²) >= 11 is 0. The van der Waals surface area contributed by atoms with Crippen LogP contribution in [0.5, 0.6) is 0 Å². The molecule has 0 radical (unpaired) electrons. The van der Waals surface area contributed by atoms with E-state index in [1.54, 1.807) is 6.92 Å². The third kappa shape index (κ3) is 2.77. The van der Waals surface area contributed by atoms with Crippen LogP contribution < -0.4 is 11.1 Å². The highest BCUT2D eigenvalue weighted by atomic mass is 19.1. The van der Waals surface area contributed by atoms with Gasteiger partial charge in [0.25, 0.3) is 0 Å². The number of hydrogen-bond acceptors (Lipinski definition) is 2. The van der Waals surface area contributed by atoms with Gasteiger partial charge in [0.15, 0.2) is 0 Å². The Morgan fingerprint density at radius 1 is 1.28 bits per heavy atom. The maximum atomic E-state index is 13.4. The molecular weight excluding hydrogens is 227 g/mol. The highest BCUT2D eigenvalue weighted by Crippen LogP contribution is 2.32. The van der Waals surface area contributed by atoms with Crippen LogP contribution in [0.4, 0.5) is 15.8 Å². The van der Waals surface area contributed by atoms with Crippen LogP contribution in [-0.4, -0.2) is 6.04 Å². The van der Waals surface area contributed by atoms with Gasteiger partial charge in [-0.25, -0.2) is 4.39 Å². The van der Waals surface area contributed by atoms with E-state index in [1.807, 2.05) is 6.07 Å². The van der Waals surface area contributed by atoms with Gasteiger partial charge in [0.05, 0.1) is 11.4 Å². The van der Waals surface area contributed by atoms with Gasteiger partial charge in [0, 0.05) is 6.04 Å². The number of nitrogen functional groups attached to an aromatic ring is 1. The minimum absolute atomic E-state index is 0.233. The molecule has 3 atom stereocenters. The molecule has 0 spiro atoms. The minimum atomic E-state index is -0.233. The molecule has 3 heteroatoms. The van der Waals surface area contributed by atoms with E-state index in [-0.39, 0.29) is 5.82 Å². The van der Waals surface area contributed by atoms with Crippen molar-refractivity contribution in [3.05, 3.63) is 23.5 Å². The van der Waals surface area contributed by atoms with Crippen molar-refractivity contribution in [2.75, 3.05) is 11.1 Å². The Bertz CT molecular complexity index is 431. The first-order valence-electron chi connectivity index (χ1n) is 6.79. The van der Waals surface area contributed by atoms with Gasteiger partial charge in [-0.2, -0.15) is 0 Å². The van der Waals surface area contributed by atoms with E-state index in [1.165, 1.54) is 18.9 Å². The van der Waals surface area contributed by atoms with Crippen LogP contribution in [0, 0.1) is 24.6 Å². The number of anilines is 2. The topological polar surface area (TPSA) is 38.0 Å². The van der Waals surface area contributed by atoms with Crippen LogP contribution in [-0.2, 0) is 0 Å². The van der Waals surface area contributed by atoms with Gasteiger partial charge in [-0.15, -0.1) is 0 Å². The van der Waals surface area contributed by atoms with E-state index in [0.717, 1.165) is 18.0 Å². The number of benzene rings is 1. The zero-order chi connectivity index (χ0) is 13.3. The fraction of sp³-hybridized carbons (Fsp3) is 0.600. The number of nitrogens with two attached hydrogens (primary N) is 1. The Kier molecular flexibility index (Phi) is 3.79. The second-order valence-corrected chi connectivity index (χ2v) is 5.83. The van der Waals surface area contributed by atoms with E-state index in [0.29, 0.717) is 23.2 Å². The van der Waals surface area contributed by atoms with Gasteiger partial charge < -0.3 is 11.1 Å². The molecule has 0 heterocycles. The second-order valence-electron chi connectivity index (χ2n) is 5.83. The van der Waals surface area contributed by atoms with Crippen LogP contribution in [0.2, 0.25) is 0 Å². The quantitative estimate of drug-likeness (QED) is 0.780. The van der Waals surface area contributed by atoms with Crippen LogP contribution in [0.25, 0.3) is 0 Å². The molecule has 0 bridgehead atoms. The molecule has 1 aliphatic carbocycles. The molecule has 1 fully saturated rings. The summed E-state index contributed by atoms with van der Waals surface area (Å²) in [5, 5.41) is 3.50. The monoisotopic (exact) mass is 250 g/mol. The Labute approximate surface area is 109 Å². The summed E-state index contributed by atoms with van der Waals surface area (Å²) in [5.41, 5.74) is 7.90. The summed E-state index contributed by atoms with van der Waals surface area (Å²) in [4.78, 5) is 0. The lowest BCUT2D eigenvalue weighted by atomic mass is 9.80. The Hall–Kier alpha value is -1.25. The summed E-state index contributed by atoms with van der Waals surface area (Å²) in [6.45, 7) is 6.36. The molecule has 1 saturated carbocycles. The van der Waals surface area contributed by atoms with Crippen molar-refractivity contribution in [3.63, 3.8) is 0 Å². The third-order valence-corrected chi connectivity index (χ3v) is 4.10. The molecule has 0 amide bonds. The molecule has 0 aliphatic heterocycles. The van der Waals surface area contributed by atoms with Crippen molar-refractivity contribution >= 4 is 11.4 Å². The van der Waals surface area contributed by atoms with E-state index in [2.05, 4.69) is 19.2 Å². The maximum Gasteiger partial charge on any atom is 0.128 e. The lowest BCUT2D eigenvalue weighted by Gasteiger charge is -2.34. The molecule has 2 nitrogen and oxygen atoms in total. The van der Waals surface area contributed by atoms with Crippen molar-refractivity contribution in [1.82, 2.24) is 0 Å². The molecule has 2 rings (SSSR count). The Balaban J connectivity index is 2.12. The fourth-order valence-corrected chi connectivity index (χ4v) is 2.90. The molecular formula is C15H23FN2. The lowest BCUT2D eigenvalue weighted by Crippen LogP contribution is -2.33. The number of hydrogen-bond donors (Lipinski definition) is 2. The van der Waals surface area contributed by atoms with Crippen LogP contribution in [0.1, 0.15) is 38.7 Å². The Morgan fingerprint density at radius 2 is 2.00 bits per heavy atom. The zero-order valence-corrected chi connectivity index (χ0v) is 11.5. The molecule has 18 heavy (non-hydrogen) atoms. The zero-order valence-electron chi connectivity index (χ0n) is 11.5. The fourth-order valence-electron chi connectivity index (χ4n) is 2.90. The van der Waals surface area contributed by atoms with Crippen LogP contribution >= 0.6 is 0 Å². The van der Waals surface area contributed by atoms with Crippen molar-refractivity contribution in [1.29, 1.82) is 0 Å². The SMILES string of the molecule is Cc1cc(NC2CCC(C)CC2C)c(N)cc1F. The largest absolute Gasteiger partial charge is 0.397 e. The minimum Gasteiger partial charge on any atom is -0.397 e. The van der Waals surface area contributed by atoms with Gasteiger partial charge in [0.2, 0.25) is 0 Å². The molecule has 3 N–H and O–H groups in total. The molecule has 1 aromatic rings. The second kappa shape index (κ2) is 5.17. The first-order valence-corrected chi connectivity index (χ1v) is 6.79. The van der Waals surface area contributed by atoms with Crippen LogP contribution in [0.3, 0.4) is 0 Å². The molecule has 3 unspecified atom stereocenters. The summed E-state index contributed by atoms with van der Waals surface area (Å²) in [6, 6.07) is 3.68. The van der Waals surface area contributed by atoms with Crippen LogP contribution in [0.15, 0.2) is 12.1 Å². The number of aryl methyl sites for hydroxylation is 1. The van der Waals surface area contributed by atoms with Crippen molar-refractivity contribution in [2.45, 2.75) is 46.1 Å². The van der Waals surface area contributed by atoms with Gasteiger partial charge in [0.1, 0.15) is 5.82 Å². The number of halogens is 1. The van der Waals surface area contributed by atoms with Gasteiger partial charge in [-0.1, -0.05) is 13.8 Å². The van der Waals surface area contributed by atoms with Crippen molar-refractivity contribution in [3.8, 4) is 0 Å². The first kappa shape index (κ1) is 13.2. The average molecular weight is 250 g/mol. The molecule has 100 valence electrons. The molecule has 1 aliphatic rings. The number of nitrogens with one attached hydrogen (secondary N) is 1. The van der Waals surface area contributed by atoms with Gasteiger partial charge in [-0.05, 0) is 55.7 Å². The molecule has 1 aromatic carbocycles. The van der Waals surface area contributed by atoms with Gasteiger partial charge in [-0.3, -0.25) is 0 Å². The smallest absolute Gasteiger partial charge is 0.128 e. The normalized spacial score (nSPS) is 28.1. The summed E-state index contributed by atoms with van der Waals surface area (Å²) < 4.78 is 13.4. The highest BCUT2D eigenvalue weighted by Gasteiger charge is 2.25. The van der Waals surface area contributed by atoms with E-state index >= 15 is 0 Å². The van der Waals surface area contributed by atoms with E-state index in [9.17, 15) is 4.39 Å². The van der Waals surface area contributed by atoms with E-state index < -0.39 is 0 Å². The highest BCUT2D eigenvalue weighted by molar-refractivity contribution is 5.67. The average Bonchev–Trinajstić information content (AvgIpc) is 2.29. The molecule has 0 aromatic heterocycles. The first-order chi connectivity index (χ1) is 8.47. The predicted octanol–water partition coefficient (Wildman–Crippen LogP) is 3.95. The third-order valence-electron chi connectivity index (χ3n) is 4.10. The lowest BCUT2D eigenvalue weighted by molar-refractivity contribution is 0.276. The van der Waals surface area contributed by atoms with Crippen molar-refractivity contribution < 1.29 is 4.39 Å². The van der Waals surface area contributed by atoms with Crippen molar-refractivity contribution in [2.24, 2.45) is 11.8 Å². The standard InChI is InChI=1S/C15H23FN2/c1-9-4-5-14(11(3)6-9)18-15-7-10(2)12(16)8-13(15)17/h7-9,11,14,18H,4-6,17H2,1-3H3.